The molecule has 0 bridgehead atoms. The molecule has 0 atom stereocenters. The quantitative estimate of drug-likeness (QED) is 0.759. The zero-order valence-electron chi connectivity index (χ0n) is 8.21. The van der Waals surface area contributed by atoms with Gasteiger partial charge in [-0.2, -0.15) is 10.4 Å². The molecule has 0 saturated carbocycles. The van der Waals surface area contributed by atoms with Crippen molar-refractivity contribution in [3.05, 3.63) is 17.8 Å². The third-order valence-electron chi connectivity index (χ3n) is 1.84. The molecule has 1 aromatic rings. The maximum atomic E-state index is 10.4. The first kappa shape index (κ1) is 10.9. The third-order valence-corrected chi connectivity index (χ3v) is 1.84. The summed E-state index contributed by atoms with van der Waals surface area (Å²) in [4.78, 5) is 12.0. The second kappa shape index (κ2) is 4.91. The highest BCUT2D eigenvalue weighted by Gasteiger charge is 2.10. The van der Waals surface area contributed by atoms with Gasteiger partial charge in [-0.25, -0.2) is 0 Å². The zero-order valence-corrected chi connectivity index (χ0v) is 8.21. The molecule has 0 fully saturated rings. The van der Waals surface area contributed by atoms with Crippen molar-refractivity contribution < 1.29 is 9.90 Å². The van der Waals surface area contributed by atoms with E-state index in [1.807, 2.05) is 6.07 Å². The van der Waals surface area contributed by atoms with Crippen molar-refractivity contribution in [3.63, 3.8) is 0 Å². The van der Waals surface area contributed by atoms with Gasteiger partial charge in [-0.1, -0.05) is 0 Å². The molecule has 0 aliphatic carbocycles. The minimum absolute atomic E-state index is 0.00204. The topological polar surface area (TPSA) is 90.1 Å². The molecule has 0 saturated heterocycles. The summed E-state index contributed by atoms with van der Waals surface area (Å²) in [6.07, 6.45) is 1.42. The van der Waals surface area contributed by atoms with E-state index in [2.05, 4.69) is 10.2 Å². The standard InChI is InChI=1S/C9H10N4O2/c1-13(5-3-8(14)15)9-7(6-10)2-4-11-12-9/h2,4H,3,5H2,1H3,(H,14,15). The Bertz CT molecular complexity index is 399. The number of hydrogen-bond donors (Lipinski definition) is 1. The van der Waals surface area contributed by atoms with E-state index < -0.39 is 5.97 Å². The fourth-order valence-electron chi connectivity index (χ4n) is 1.06. The Kier molecular flexibility index (Phi) is 3.57. The van der Waals surface area contributed by atoms with Crippen LogP contribution in [0.3, 0.4) is 0 Å². The molecule has 15 heavy (non-hydrogen) atoms. The Morgan fingerprint density at radius 1 is 1.73 bits per heavy atom. The van der Waals surface area contributed by atoms with Gasteiger partial charge in [0.2, 0.25) is 0 Å². The van der Waals surface area contributed by atoms with E-state index in [0.29, 0.717) is 17.9 Å². The minimum Gasteiger partial charge on any atom is -0.481 e. The van der Waals surface area contributed by atoms with Crippen molar-refractivity contribution in [2.45, 2.75) is 6.42 Å². The van der Waals surface area contributed by atoms with Crippen LogP contribution in [-0.4, -0.2) is 34.9 Å². The lowest BCUT2D eigenvalue weighted by Gasteiger charge is -2.16. The fourth-order valence-corrected chi connectivity index (χ4v) is 1.06. The molecular weight excluding hydrogens is 196 g/mol. The first-order valence-electron chi connectivity index (χ1n) is 4.30. The maximum Gasteiger partial charge on any atom is 0.305 e. The highest BCUT2D eigenvalue weighted by molar-refractivity contribution is 5.67. The molecule has 1 rings (SSSR count). The largest absolute Gasteiger partial charge is 0.481 e. The van der Waals surface area contributed by atoms with Crippen LogP contribution in [0.5, 0.6) is 0 Å². The van der Waals surface area contributed by atoms with Crippen LogP contribution in [0.15, 0.2) is 12.3 Å². The average Bonchev–Trinajstić information content (AvgIpc) is 2.25. The first-order valence-corrected chi connectivity index (χ1v) is 4.30. The Labute approximate surface area is 86.8 Å². The molecule has 1 heterocycles. The molecule has 6 heteroatoms. The van der Waals surface area contributed by atoms with E-state index in [9.17, 15) is 4.79 Å². The van der Waals surface area contributed by atoms with E-state index in [0.717, 1.165) is 0 Å². The number of aliphatic carboxylic acids is 1. The van der Waals surface area contributed by atoms with Crippen LogP contribution in [0.2, 0.25) is 0 Å². The Morgan fingerprint density at radius 2 is 2.47 bits per heavy atom. The number of carbonyl (C=O) groups is 1. The summed E-state index contributed by atoms with van der Waals surface area (Å²) < 4.78 is 0. The molecule has 0 aliphatic rings. The lowest BCUT2D eigenvalue weighted by Crippen LogP contribution is -2.23. The lowest BCUT2D eigenvalue weighted by atomic mass is 10.3. The van der Waals surface area contributed by atoms with Crippen molar-refractivity contribution in [2.75, 3.05) is 18.5 Å². The number of nitriles is 1. The predicted octanol–water partition coefficient (Wildman–Crippen LogP) is 0.259. The number of nitrogens with zero attached hydrogens (tertiary/aromatic N) is 4. The van der Waals surface area contributed by atoms with Crippen molar-refractivity contribution in [3.8, 4) is 6.07 Å². The van der Waals surface area contributed by atoms with Gasteiger partial charge in [0.05, 0.1) is 18.2 Å². The van der Waals surface area contributed by atoms with E-state index in [4.69, 9.17) is 10.4 Å². The molecule has 0 spiro atoms. The highest BCUT2D eigenvalue weighted by atomic mass is 16.4. The van der Waals surface area contributed by atoms with Crippen LogP contribution < -0.4 is 4.90 Å². The molecular formula is C9H10N4O2. The zero-order chi connectivity index (χ0) is 11.3. The van der Waals surface area contributed by atoms with Crippen molar-refractivity contribution >= 4 is 11.8 Å². The second-order valence-corrected chi connectivity index (χ2v) is 2.95. The molecule has 0 unspecified atom stereocenters. The fraction of sp³-hybridized carbons (Fsp3) is 0.333. The monoisotopic (exact) mass is 206 g/mol. The van der Waals surface area contributed by atoms with Gasteiger partial charge >= 0.3 is 5.97 Å². The van der Waals surface area contributed by atoms with Gasteiger partial charge in [0, 0.05) is 13.6 Å². The summed E-state index contributed by atoms with van der Waals surface area (Å²) in [5.41, 5.74) is 0.387. The van der Waals surface area contributed by atoms with E-state index in [-0.39, 0.29) is 6.42 Å². The SMILES string of the molecule is CN(CCC(=O)O)c1nnccc1C#N. The van der Waals surface area contributed by atoms with Crippen LogP contribution in [0, 0.1) is 11.3 Å². The molecule has 0 aliphatic heterocycles. The molecule has 6 nitrogen and oxygen atoms in total. The van der Waals surface area contributed by atoms with Gasteiger partial charge in [-0.3, -0.25) is 4.79 Å². The van der Waals surface area contributed by atoms with Gasteiger partial charge in [0.15, 0.2) is 5.82 Å². The van der Waals surface area contributed by atoms with Crippen molar-refractivity contribution in [1.29, 1.82) is 5.26 Å². The molecule has 1 N–H and O–H groups in total. The summed E-state index contributed by atoms with van der Waals surface area (Å²) in [6.45, 7) is 0.294. The minimum atomic E-state index is -0.885. The Morgan fingerprint density at radius 3 is 3.07 bits per heavy atom. The van der Waals surface area contributed by atoms with Gasteiger partial charge in [0.25, 0.3) is 0 Å². The Hall–Kier alpha value is -2.16. The maximum absolute atomic E-state index is 10.4. The molecule has 1 aromatic heterocycles. The smallest absolute Gasteiger partial charge is 0.305 e. The van der Waals surface area contributed by atoms with E-state index in [1.165, 1.54) is 6.20 Å². The van der Waals surface area contributed by atoms with E-state index >= 15 is 0 Å². The normalized spacial score (nSPS) is 9.33. The van der Waals surface area contributed by atoms with Gasteiger partial charge in [0.1, 0.15) is 6.07 Å². The van der Waals surface area contributed by atoms with Crippen LogP contribution in [0.1, 0.15) is 12.0 Å². The van der Waals surface area contributed by atoms with Crippen LogP contribution in [0.25, 0.3) is 0 Å². The average molecular weight is 206 g/mol. The van der Waals surface area contributed by atoms with Crippen LogP contribution in [-0.2, 0) is 4.79 Å². The molecule has 78 valence electrons. The lowest BCUT2D eigenvalue weighted by molar-refractivity contribution is -0.136. The van der Waals surface area contributed by atoms with Gasteiger partial charge < -0.3 is 10.0 Å². The van der Waals surface area contributed by atoms with Crippen LogP contribution in [0.4, 0.5) is 5.82 Å². The van der Waals surface area contributed by atoms with Crippen LogP contribution >= 0.6 is 0 Å². The summed E-state index contributed by atoms with van der Waals surface area (Å²) in [6, 6.07) is 3.51. The van der Waals surface area contributed by atoms with Crippen molar-refractivity contribution in [1.82, 2.24) is 10.2 Å². The number of aromatic nitrogens is 2. The molecule has 0 aromatic carbocycles. The van der Waals surface area contributed by atoms with E-state index in [1.54, 1.807) is 18.0 Å². The van der Waals surface area contributed by atoms with Crippen molar-refractivity contribution in [2.24, 2.45) is 0 Å². The Balaban J connectivity index is 2.77. The van der Waals surface area contributed by atoms with Gasteiger partial charge in [-0.05, 0) is 6.07 Å². The number of hydrogen-bond acceptors (Lipinski definition) is 5. The summed E-state index contributed by atoms with van der Waals surface area (Å²) in [5.74, 6) is -0.481. The molecule has 0 radical (unpaired) electrons. The molecule has 0 amide bonds. The highest BCUT2D eigenvalue weighted by Crippen LogP contribution is 2.13. The number of carboxylic acids is 1. The summed E-state index contributed by atoms with van der Waals surface area (Å²) >= 11 is 0. The third kappa shape index (κ3) is 2.91. The second-order valence-electron chi connectivity index (χ2n) is 2.95. The van der Waals surface area contributed by atoms with Gasteiger partial charge in [-0.15, -0.1) is 5.10 Å². The number of anilines is 1. The number of carboxylic acid groups (broad SMARTS) is 1. The predicted molar refractivity (Wildman–Crippen MR) is 52.3 cm³/mol. The first-order chi connectivity index (χ1) is 7.15. The number of rotatable bonds is 4. The summed E-state index contributed by atoms with van der Waals surface area (Å²) in [5, 5.41) is 24.7. The summed E-state index contributed by atoms with van der Waals surface area (Å²) in [7, 11) is 1.67.